The van der Waals surface area contributed by atoms with Crippen molar-refractivity contribution in [1.82, 2.24) is 14.8 Å². The Balaban J connectivity index is 2.37. The van der Waals surface area contributed by atoms with Gasteiger partial charge in [0.15, 0.2) is 0 Å². The van der Waals surface area contributed by atoms with Gasteiger partial charge in [-0.3, -0.25) is 9.67 Å². The molecule has 5 heteroatoms. The number of halogens is 1. The lowest BCUT2D eigenvalue weighted by molar-refractivity contribution is 0.710. The molecule has 0 fully saturated rings. The summed E-state index contributed by atoms with van der Waals surface area (Å²) in [6, 6.07) is 1.79. The van der Waals surface area contributed by atoms with Crippen LogP contribution in [0.25, 0.3) is 0 Å². The maximum atomic E-state index is 6.29. The van der Waals surface area contributed by atoms with Crippen LogP contribution in [0.1, 0.15) is 23.9 Å². The van der Waals surface area contributed by atoms with Crippen molar-refractivity contribution in [2.75, 3.05) is 5.73 Å². The molecule has 0 atom stereocenters. The molecule has 0 amide bonds. The number of aryl methyl sites for hydroxylation is 2. The summed E-state index contributed by atoms with van der Waals surface area (Å²) in [5.41, 5.74) is 9.50. The molecule has 0 saturated heterocycles. The number of nitrogen functional groups attached to an aromatic ring is 1. The quantitative estimate of drug-likeness (QED) is 0.909. The molecular formula is C12H15ClN4. The molecule has 0 aliphatic heterocycles. The van der Waals surface area contributed by atoms with E-state index < -0.39 is 0 Å². The normalized spacial score (nSPS) is 10.8. The molecule has 2 aromatic rings. The first kappa shape index (κ1) is 11.9. The van der Waals surface area contributed by atoms with Crippen molar-refractivity contribution >= 4 is 17.3 Å². The lowest BCUT2D eigenvalue weighted by atomic mass is 10.1. The van der Waals surface area contributed by atoms with Gasteiger partial charge in [0.1, 0.15) is 0 Å². The van der Waals surface area contributed by atoms with Crippen molar-refractivity contribution in [3.63, 3.8) is 0 Å². The fourth-order valence-electron chi connectivity index (χ4n) is 1.78. The summed E-state index contributed by atoms with van der Waals surface area (Å²) >= 11 is 6.29. The van der Waals surface area contributed by atoms with Gasteiger partial charge in [-0.25, -0.2) is 0 Å². The number of anilines is 1. The molecule has 0 spiro atoms. The highest BCUT2D eigenvalue weighted by atomic mass is 35.5. The van der Waals surface area contributed by atoms with Crippen molar-refractivity contribution < 1.29 is 0 Å². The van der Waals surface area contributed by atoms with E-state index in [9.17, 15) is 0 Å². The van der Waals surface area contributed by atoms with Crippen molar-refractivity contribution in [2.24, 2.45) is 7.05 Å². The first-order chi connectivity index (χ1) is 8.13. The van der Waals surface area contributed by atoms with Gasteiger partial charge < -0.3 is 5.73 Å². The van der Waals surface area contributed by atoms with Crippen LogP contribution in [-0.2, 0) is 19.9 Å². The molecule has 0 unspecified atom stereocenters. The average Bonchev–Trinajstić information content (AvgIpc) is 2.59. The lowest BCUT2D eigenvalue weighted by Crippen LogP contribution is -2.02. The zero-order valence-corrected chi connectivity index (χ0v) is 10.7. The van der Waals surface area contributed by atoms with Crippen LogP contribution in [0.4, 0.5) is 5.69 Å². The van der Waals surface area contributed by atoms with Crippen LogP contribution >= 0.6 is 11.6 Å². The van der Waals surface area contributed by atoms with Crippen LogP contribution in [0.2, 0.25) is 5.02 Å². The zero-order valence-electron chi connectivity index (χ0n) is 9.94. The van der Waals surface area contributed by atoms with Crippen molar-refractivity contribution in [3.05, 3.63) is 40.4 Å². The zero-order chi connectivity index (χ0) is 12.4. The van der Waals surface area contributed by atoms with E-state index in [2.05, 4.69) is 10.1 Å². The first-order valence-corrected chi connectivity index (χ1v) is 5.89. The van der Waals surface area contributed by atoms with Gasteiger partial charge in [-0.15, -0.1) is 0 Å². The van der Waals surface area contributed by atoms with E-state index in [1.54, 1.807) is 18.5 Å². The molecule has 2 rings (SSSR count). The number of hydrogen-bond donors (Lipinski definition) is 1. The lowest BCUT2D eigenvalue weighted by Gasteiger charge is -2.05. The summed E-state index contributed by atoms with van der Waals surface area (Å²) in [7, 11) is 1.90. The second kappa shape index (κ2) is 4.75. The Morgan fingerprint density at radius 1 is 1.47 bits per heavy atom. The Labute approximate surface area is 105 Å². The van der Waals surface area contributed by atoms with Gasteiger partial charge in [0, 0.05) is 31.5 Å². The molecule has 2 N–H and O–H groups in total. The fraction of sp³-hybridized carbons (Fsp3) is 0.333. The molecule has 2 aromatic heterocycles. The fourth-order valence-corrected chi connectivity index (χ4v) is 2.14. The summed E-state index contributed by atoms with van der Waals surface area (Å²) in [4.78, 5) is 4.08. The molecule has 17 heavy (non-hydrogen) atoms. The Morgan fingerprint density at radius 3 is 2.82 bits per heavy atom. The van der Waals surface area contributed by atoms with Gasteiger partial charge in [-0.05, 0) is 18.1 Å². The van der Waals surface area contributed by atoms with E-state index in [1.165, 1.54) is 0 Å². The van der Waals surface area contributed by atoms with Crippen LogP contribution in [-0.4, -0.2) is 14.8 Å². The molecule has 4 nitrogen and oxygen atoms in total. The van der Waals surface area contributed by atoms with E-state index in [1.807, 2.05) is 18.7 Å². The van der Waals surface area contributed by atoms with Crippen LogP contribution in [0.3, 0.4) is 0 Å². The Kier molecular flexibility index (Phi) is 3.33. The van der Waals surface area contributed by atoms with Gasteiger partial charge in [0.25, 0.3) is 0 Å². The van der Waals surface area contributed by atoms with Gasteiger partial charge in [0.2, 0.25) is 0 Å². The van der Waals surface area contributed by atoms with E-state index in [0.717, 1.165) is 34.1 Å². The summed E-state index contributed by atoms with van der Waals surface area (Å²) in [6.45, 7) is 2.04. The molecule has 0 bridgehead atoms. The topological polar surface area (TPSA) is 56.7 Å². The van der Waals surface area contributed by atoms with Crippen LogP contribution < -0.4 is 5.73 Å². The molecule has 0 aromatic carbocycles. The second-order valence-electron chi connectivity index (χ2n) is 3.94. The molecule has 0 aliphatic carbocycles. The van der Waals surface area contributed by atoms with Crippen molar-refractivity contribution in [2.45, 2.75) is 19.8 Å². The summed E-state index contributed by atoms with van der Waals surface area (Å²) < 4.78 is 1.81. The molecule has 90 valence electrons. The predicted octanol–water partition coefficient (Wildman–Crippen LogP) is 2.20. The summed E-state index contributed by atoms with van der Waals surface area (Å²) in [5, 5.41) is 5.11. The number of aromatic nitrogens is 3. The number of nitrogens with two attached hydrogens (primary N) is 1. The molecule has 0 saturated carbocycles. The molecule has 2 heterocycles. The molecule has 0 radical (unpaired) electrons. The molecule has 0 aliphatic rings. The Morgan fingerprint density at radius 2 is 2.24 bits per heavy atom. The highest BCUT2D eigenvalue weighted by Crippen LogP contribution is 2.24. The van der Waals surface area contributed by atoms with Gasteiger partial charge in [-0.1, -0.05) is 18.5 Å². The number of rotatable bonds is 3. The minimum atomic E-state index is 0.655. The van der Waals surface area contributed by atoms with E-state index >= 15 is 0 Å². The van der Waals surface area contributed by atoms with Crippen LogP contribution in [0.5, 0.6) is 0 Å². The Bertz CT molecular complexity index is 533. The van der Waals surface area contributed by atoms with Crippen LogP contribution in [0, 0.1) is 0 Å². The SMILES string of the molecule is CCc1nn(C)c(Cc2cnccc2N)c1Cl. The standard InChI is InChI=1S/C12H15ClN4/c1-3-10-12(13)11(17(2)16-10)6-8-7-15-5-4-9(8)14/h4-5,7H,3,6H2,1-2H3,(H2,14,15). The highest BCUT2D eigenvalue weighted by molar-refractivity contribution is 6.31. The van der Waals surface area contributed by atoms with Gasteiger partial charge in [-0.2, -0.15) is 5.10 Å². The third-order valence-electron chi connectivity index (χ3n) is 2.80. The maximum Gasteiger partial charge on any atom is 0.0853 e. The predicted molar refractivity (Wildman–Crippen MR) is 69.1 cm³/mol. The summed E-state index contributed by atoms with van der Waals surface area (Å²) in [5.74, 6) is 0. The van der Waals surface area contributed by atoms with Crippen LogP contribution in [0.15, 0.2) is 18.5 Å². The number of hydrogen-bond acceptors (Lipinski definition) is 3. The summed E-state index contributed by atoms with van der Waals surface area (Å²) in [6.07, 6.45) is 4.93. The molecular weight excluding hydrogens is 236 g/mol. The van der Waals surface area contributed by atoms with E-state index in [0.29, 0.717) is 6.42 Å². The number of pyridine rings is 1. The Hall–Kier alpha value is -1.55. The smallest absolute Gasteiger partial charge is 0.0853 e. The van der Waals surface area contributed by atoms with Gasteiger partial charge in [0.05, 0.1) is 16.4 Å². The third kappa shape index (κ3) is 2.26. The van der Waals surface area contributed by atoms with Crippen molar-refractivity contribution in [3.8, 4) is 0 Å². The second-order valence-corrected chi connectivity index (χ2v) is 4.31. The minimum Gasteiger partial charge on any atom is -0.398 e. The van der Waals surface area contributed by atoms with Gasteiger partial charge >= 0.3 is 0 Å². The van der Waals surface area contributed by atoms with Crippen molar-refractivity contribution in [1.29, 1.82) is 0 Å². The highest BCUT2D eigenvalue weighted by Gasteiger charge is 2.14. The van der Waals surface area contributed by atoms with E-state index in [4.69, 9.17) is 17.3 Å². The maximum absolute atomic E-state index is 6.29. The average molecular weight is 251 g/mol. The monoisotopic (exact) mass is 250 g/mol. The number of nitrogens with zero attached hydrogens (tertiary/aromatic N) is 3. The first-order valence-electron chi connectivity index (χ1n) is 5.52. The third-order valence-corrected chi connectivity index (χ3v) is 3.24. The largest absolute Gasteiger partial charge is 0.398 e. The van der Waals surface area contributed by atoms with E-state index in [-0.39, 0.29) is 0 Å². The minimum absolute atomic E-state index is 0.655.